The lowest BCUT2D eigenvalue weighted by molar-refractivity contribution is 0.562. The molecule has 0 bridgehead atoms. The number of sulfone groups is 1. The molecular formula is C17H29NO2S. The lowest BCUT2D eigenvalue weighted by Gasteiger charge is -2.21. The zero-order chi connectivity index (χ0) is 15.7. The van der Waals surface area contributed by atoms with Crippen molar-refractivity contribution in [2.24, 2.45) is 0 Å². The molecule has 120 valence electrons. The van der Waals surface area contributed by atoms with Gasteiger partial charge >= 0.3 is 0 Å². The molecule has 3 nitrogen and oxygen atoms in total. The van der Waals surface area contributed by atoms with Crippen molar-refractivity contribution in [1.82, 2.24) is 0 Å². The van der Waals surface area contributed by atoms with Gasteiger partial charge in [-0.2, -0.15) is 0 Å². The van der Waals surface area contributed by atoms with Gasteiger partial charge in [-0.3, -0.25) is 0 Å². The number of hydrogen-bond donors (Lipinski definition) is 1. The van der Waals surface area contributed by atoms with Crippen molar-refractivity contribution < 1.29 is 8.42 Å². The van der Waals surface area contributed by atoms with Gasteiger partial charge in [0.25, 0.3) is 0 Å². The van der Waals surface area contributed by atoms with E-state index in [0.717, 1.165) is 31.4 Å². The average molecular weight is 311 g/mol. The van der Waals surface area contributed by atoms with Crippen LogP contribution in [0.3, 0.4) is 0 Å². The summed E-state index contributed by atoms with van der Waals surface area (Å²) in [6.07, 6.45) is 6.24. The summed E-state index contributed by atoms with van der Waals surface area (Å²) >= 11 is 0. The van der Waals surface area contributed by atoms with Crippen LogP contribution in [-0.2, 0) is 9.84 Å². The summed E-state index contributed by atoms with van der Waals surface area (Å²) in [5, 5.41) is 3.47. The molecule has 0 aliphatic carbocycles. The highest BCUT2D eigenvalue weighted by Crippen LogP contribution is 2.25. The maximum Gasteiger partial charge on any atom is 0.180 e. The lowest BCUT2D eigenvalue weighted by Crippen LogP contribution is -2.21. The molecular weight excluding hydrogens is 282 g/mol. The summed E-state index contributed by atoms with van der Waals surface area (Å²) in [5.74, 6) is 0.207. The molecule has 0 saturated carbocycles. The lowest BCUT2D eigenvalue weighted by atomic mass is 10.0. The zero-order valence-electron chi connectivity index (χ0n) is 13.6. The quantitative estimate of drug-likeness (QED) is 0.684. The number of rotatable bonds is 10. The number of anilines is 1. The summed E-state index contributed by atoms with van der Waals surface area (Å²) in [4.78, 5) is 0.449. The molecule has 4 heteroatoms. The Balaban J connectivity index is 2.96. The second-order valence-electron chi connectivity index (χ2n) is 5.59. The highest BCUT2D eigenvalue weighted by Gasteiger charge is 2.19. The predicted octanol–water partition coefficient (Wildman–Crippen LogP) is 4.64. The molecule has 0 saturated heterocycles. The maximum atomic E-state index is 12.4. The Morgan fingerprint density at radius 3 is 2.33 bits per heavy atom. The van der Waals surface area contributed by atoms with Gasteiger partial charge < -0.3 is 5.32 Å². The van der Waals surface area contributed by atoms with E-state index >= 15 is 0 Å². The number of hydrogen-bond acceptors (Lipinski definition) is 3. The summed E-state index contributed by atoms with van der Waals surface area (Å²) < 4.78 is 24.7. The first kappa shape index (κ1) is 18.0. The third kappa shape index (κ3) is 5.70. The second-order valence-corrected chi connectivity index (χ2v) is 7.66. The van der Waals surface area contributed by atoms with Crippen molar-refractivity contribution in [3.05, 3.63) is 24.3 Å². The first-order chi connectivity index (χ1) is 10.0. The minimum absolute atomic E-state index is 0.207. The van der Waals surface area contributed by atoms with E-state index in [0.29, 0.717) is 17.4 Å². The highest BCUT2D eigenvalue weighted by atomic mass is 32.2. The molecule has 0 fully saturated rings. The fourth-order valence-corrected chi connectivity index (χ4v) is 4.05. The number of nitrogens with one attached hydrogen (secondary N) is 1. The first-order valence-electron chi connectivity index (χ1n) is 8.13. The Labute approximate surface area is 130 Å². The van der Waals surface area contributed by atoms with E-state index in [2.05, 4.69) is 19.2 Å². The van der Waals surface area contributed by atoms with Crippen LogP contribution in [0.15, 0.2) is 29.2 Å². The average Bonchev–Trinajstić information content (AvgIpc) is 2.45. The third-order valence-electron chi connectivity index (χ3n) is 3.60. The number of para-hydroxylation sites is 1. The Hall–Kier alpha value is -1.03. The predicted molar refractivity (Wildman–Crippen MR) is 90.6 cm³/mol. The third-order valence-corrected chi connectivity index (χ3v) is 5.57. The second kappa shape index (κ2) is 9.08. The van der Waals surface area contributed by atoms with Crippen LogP contribution < -0.4 is 5.32 Å². The molecule has 0 aliphatic heterocycles. The van der Waals surface area contributed by atoms with Crippen molar-refractivity contribution in [3.8, 4) is 0 Å². The molecule has 1 N–H and O–H groups in total. The topological polar surface area (TPSA) is 46.2 Å². The van der Waals surface area contributed by atoms with Gasteiger partial charge in [-0.15, -0.1) is 0 Å². The number of benzene rings is 1. The molecule has 1 atom stereocenters. The summed E-state index contributed by atoms with van der Waals surface area (Å²) in [6.45, 7) is 6.25. The molecule has 0 heterocycles. The summed E-state index contributed by atoms with van der Waals surface area (Å²) in [6, 6.07) is 7.66. The molecule has 1 aromatic rings. The van der Waals surface area contributed by atoms with Gasteiger partial charge in [0.1, 0.15) is 0 Å². The van der Waals surface area contributed by atoms with Gasteiger partial charge in [-0.05, 0) is 31.4 Å². The molecule has 1 unspecified atom stereocenters. The van der Waals surface area contributed by atoms with Gasteiger partial charge in [0, 0.05) is 6.04 Å². The monoisotopic (exact) mass is 311 g/mol. The molecule has 21 heavy (non-hydrogen) atoms. The van der Waals surface area contributed by atoms with Crippen LogP contribution in [0, 0.1) is 0 Å². The van der Waals surface area contributed by atoms with Gasteiger partial charge in [-0.25, -0.2) is 8.42 Å². The van der Waals surface area contributed by atoms with Crippen LogP contribution in [0.4, 0.5) is 5.69 Å². The maximum absolute atomic E-state index is 12.4. The Bertz CT molecular complexity index is 511. The minimum Gasteiger partial charge on any atom is -0.381 e. The van der Waals surface area contributed by atoms with Gasteiger partial charge in [0.15, 0.2) is 9.84 Å². The van der Waals surface area contributed by atoms with Crippen molar-refractivity contribution in [1.29, 1.82) is 0 Å². The Kier molecular flexibility index (Phi) is 7.79. The standard InChI is InChI=1S/C17H29NO2S/c1-4-7-11-15(10-5-2)18-16-12-8-9-13-17(16)21(19,20)14-6-3/h8-9,12-13,15,18H,4-7,10-11,14H2,1-3H3. The summed E-state index contributed by atoms with van der Waals surface area (Å²) in [7, 11) is -3.18. The molecule has 0 aromatic heterocycles. The molecule has 1 rings (SSSR count). The van der Waals surface area contributed by atoms with E-state index in [1.54, 1.807) is 12.1 Å². The van der Waals surface area contributed by atoms with Gasteiger partial charge in [0.2, 0.25) is 0 Å². The van der Waals surface area contributed by atoms with Crippen molar-refractivity contribution >= 4 is 15.5 Å². The molecule has 1 aromatic carbocycles. The van der Waals surface area contributed by atoms with Crippen molar-refractivity contribution in [2.75, 3.05) is 11.1 Å². The van der Waals surface area contributed by atoms with E-state index < -0.39 is 9.84 Å². The van der Waals surface area contributed by atoms with Crippen LogP contribution in [0.2, 0.25) is 0 Å². The van der Waals surface area contributed by atoms with E-state index in [4.69, 9.17) is 0 Å². The van der Waals surface area contributed by atoms with E-state index in [1.165, 1.54) is 6.42 Å². The molecule has 0 radical (unpaired) electrons. The van der Waals surface area contributed by atoms with Gasteiger partial charge in [-0.1, -0.05) is 52.2 Å². The molecule has 0 amide bonds. The van der Waals surface area contributed by atoms with Crippen LogP contribution in [0.5, 0.6) is 0 Å². The van der Waals surface area contributed by atoms with Crippen molar-refractivity contribution in [3.63, 3.8) is 0 Å². The fraction of sp³-hybridized carbons (Fsp3) is 0.647. The smallest absolute Gasteiger partial charge is 0.180 e. The SMILES string of the molecule is CCCCC(CCC)Nc1ccccc1S(=O)(=O)CCC. The zero-order valence-corrected chi connectivity index (χ0v) is 14.4. The van der Waals surface area contributed by atoms with Crippen LogP contribution in [0.25, 0.3) is 0 Å². The van der Waals surface area contributed by atoms with Crippen LogP contribution in [-0.4, -0.2) is 20.2 Å². The minimum atomic E-state index is -3.18. The summed E-state index contributed by atoms with van der Waals surface area (Å²) in [5.41, 5.74) is 0.764. The van der Waals surface area contributed by atoms with Crippen LogP contribution in [0.1, 0.15) is 59.3 Å². The van der Waals surface area contributed by atoms with Crippen molar-refractivity contribution in [2.45, 2.75) is 70.2 Å². The Morgan fingerprint density at radius 1 is 1.00 bits per heavy atom. The van der Waals surface area contributed by atoms with E-state index in [1.807, 2.05) is 19.1 Å². The molecule has 0 aliphatic rings. The van der Waals surface area contributed by atoms with E-state index in [9.17, 15) is 8.42 Å². The molecule has 0 spiro atoms. The van der Waals surface area contributed by atoms with Crippen LogP contribution >= 0.6 is 0 Å². The Morgan fingerprint density at radius 2 is 1.71 bits per heavy atom. The van der Waals surface area contributed by atoms with Gasteiger partial charge in [0.05, 0.1) is 16.3 Å². The normalized spacial score (nSPS) is 13.1. The fourth-order valence-electron chi connectivity index (χ4n) is 2.54. The highest BCUT2D eigenvalue weighted by molar-refractivity contribution is 7.91. The van der Waals surface area contributed by atoms with E-state index in [-0.39, 0.29) is 5.75 Å². The first-order valence-corrected chi connectivity index (χ1v) is 9.78. The number of unbranched alkanes of at least 4 members (excludes halogenated alkanes) is 1. The largest absolute Gasteiger partial charge is 0.381 e.